The highest BCUT2D eigenvalue weighted by Crippen LogP contribution is 2.30. The fourth-order valence-corrected chi connectivity index (χ4v) is 2.55. The summed E-state index contributed by atoms with van der Waals surface area (Å²) >= 11 is 0. The van der Waals surface area contributed by atoms with E-state index in [1.807, 2.05) is 31.2 Å². The minimum absolute atomic E-state index is 0.100. The normalized spacial score (nSPS) is 24.4. The standard InChI is InChI=1S/C16H25NO4/c1-4-20-15-11-14(16(15)19-3)17-12-6-5-7-13(10-12)21-9-8-18-2/h5-7,10,14-17H,4,8-9,11H2,1-3H3. The van der Waals surface area contributed by atoms with E-state index in [0.29, 0.717) is 13.2 Å². The van der Waals surface area contributed by atoms with Crippen LogP contribution in [-0.2, 0) is 14.2 Å². The molecule has 0 radical (unpaired) electrons. The second kappa shape index (κ2) is 8.22. The van der Waals surface area contributed by atoms with Crippen molar-refractivity contribution < 1.29 is 18.9 Å². The Morgan fingerprint density at radius 2 is 2.10 bits per heavy atom. The summed E-state index contributed by atoms with van der Waals surface area (Å²) in [5.41, 5.74) is 1.03. The SMILES string of the molecule is CCOC1CC(Nc2cccc(OCCOC)c2)C1OC. The maximum Gasteiger partial charge on any atom is 0.121 e. The number of benzene rings is 1. The molecule has 1 saturated carbocycles. The zero-order chi connectivity index (χ0) is 15.1. The van der Waals surface area contributed by atoms with E-state index in [1.165, 1.54) is 0 Å². The summed E-state index contributed by atoms with van der Waals surface area (Å²) in [5.74, 6) is 0.840. The molecule has 1 aromatic rings. The van der Waals surface area contributed by atoms with Gasteiger partial charge in [0.1, 0.15) is 18.5 Å². The predicted molar refractivity (Wildman–Crippen MR) is 82.1 cm³/mol. The highest BCUT2D eigenvalue weighted by atomic mass is 16.5. The number of anilines is 1. The Morgan fingerprint density at radius 1 is 1.24 bits per heavy atom. The first-order valence-electron chi connectivity index (χ1n) is 7.41. The van der Waals surface area contributed by atoms with Crippen LogP contribution >= 0.6 is 0 Å². The fourth-order valence-electron chi connectivity index (χ4n) is 2.55. The number of methoxy groups -OCH3 is 2. The highest BCUT2D eigenvalue weighted by Gasteiger charge is 2.42. The third-order valence-corrected chi connectivity index (χ3v) is 3.64. The van der Waals surface area contributed by atoms with Gasteiger partial charge in [-0.15, -0.1) is 0 Å². The van der Waals surface area contributed by atoms with E-state index in [-0.39, 0.29) is 18.2 Å². The van der Waals surface area contributed by atoms with Gasteiger partial charge in [-0.1, -0.05) is 6.07 Å². The lowest BCUT2D eigenvalue weighted by atomic mass is 9.85. The third-order valence-electron chi connectivity index (χ3n) is 3.64. The van der Waals surface area contributed by atoms with Gasteiger partial charge in [0.15, 0.2) is 0 Å². The number of ether oxygens (including phenoxy) is 4. The van der Waals surface area contributed by atoms with Crippen LogP contribution in [0.2, 0.25) is 0 Å². The lowest BCUT2D eigenvalue weighted by Crippen LogP contribution is -2.56. The van der Waals surface area contributed by atoms with E-state index in [0.717, 1.165) is 24.5 Å². The molecular weight excluding hydrogens is 270 g/mol. The number of rotatable bonds is 9. The number of hydrogen-bond acceptors (Lipinski definition) is 5. The Kier molecular flexibility index (Phi) is 6.29. The lowest BCUT2D eigenvalue weighted by molar-refractivity contribution is -0.118. The van der Waals surface area contributed by atoms with E-state index in [4.69, 9.17) is 18.9 Å². The smallest absolute Gasteiger partial charge is 0.121 e. The van der Waals surface area contributed by atoms with Crippen LogP contribution in [0.25, 0.3) is 0 Å². The van der Waals surface area contributed by atoms with Gasteiger partial charge in [-0.05, 0) is 25.5 Å². The van der Waals surface area contributed by atoms with Crippen molar-refractivity contribution in [2.24, 2.45) is 0 Å². The van der Waals surface area contributed by atoms with Gasteiger partial charge in [0.05, 0.1) is 18.8 Å². The van der Waals surface area contributed by atoms with Crippen molar-refractivity contribution in [2.45, 2.75) is 31.6 Å². The van der Waals surface area contributed by atoms with Crippen LogP contribution in [0.3, 0.4) is 0 Å². The minimum atomic E-state index is 0.100. The second-order valence-corrected chi connectivity index (χ2v) is 5.05. The van der Waals surface area contributed by atoms with Gasteiger partial charge in [0.25, 0.3) is 0 Å². The quantitative estimate of drug-likeness (QED) is 0.709. The summed E-state index contributed by atoms with van der Waals surface area (Å²) < 4.78 is 21.7. The molecule has 0 aliphatic heterocycles. The maximum atomic E-state index is 5.63. The summed E-state index contributed by atoms with van der Waals surface area (Å²) in [5, 5.41) is 3.48. The topological polar surface area (TPSA) is 49.0 Å². The van der Waals surface area contributed by atoms with Gasteiger partial charge in [-0.3, -0.25) is 0 Å². The van der Waals surface area contributed by atoms with E-state index < -0.39 is 0 Å². The van der Waals surface area contributed by atoms with Gasteiger partial charge in [0.2, 0.25) is 0 Å². The van der Waals surface area contributed by atoms with Crippen molar-refractivity contribution in [3.05, 3.63) is 24.3 Å². The zero-order valence-electron chi connectivity index (χ0n) is 13.0. The van der Waals surface area contributed by atoms with Crippen molar-refractivity contribution in [3.63, 3.8) is 0 Å². The molecule has 0 spiro atoms. The van der Waals surface area contributed by atoms with Crippen LogP contribution < -0.4 is 10.1 Å². The summed E-state index contributed by atoms with van der Waals surface area (Å²) in [7, 11) is 3.40. The Morgan fingerprint density at radius 3 is 2.81 bits per heavy atom. The average Bonchev–Trinajstić information content (AvgIpc) is 2.47. The van der Waals surface area contributed by atoms with Crippen molar-refractivity contribution in [2.75, 3.05) is 39.4 Å². The van der Waals surface area contributed by atoms with Crippen molar-refractivity contribution in [3.8, 4) is 5.75 Å². The molecule has 1 fully saturated rings. The molecule has 1 aliphatic carbocycles. The molecule has 3 atom stereocenters. The van der Waals surface area contributed by atoms with E-state index in [9.17, 15) is 0 Å². The van der Waals surface area contributed by atoms with Gasteiger partial charge in [-0.25, -0.2) is 0 Å². The molecule has 1 N–H and O–H groups in total. The summed E-state index contributed by atoms with van der Waals surface area (Å²) in [6, 6.07) is 8.23. The number of hydrogen-bond donors (Lipinski definition) is 1. The maximum absolute atomic E-state index is 5.63. The van der Waals surface area contributed by atoms with Crippen molar-refractivity contribution >= 4 is 5.69 Å². The van der Waals surface area contributed by atoms with Crippen LogP contribution in [-0.4, -0.2) is 52.3 Å². The molecule has 118 valence electrons. The molecule has 0 saturated heterocycles. The zero-order valence-corrected chi connectivity index (χ0v) is 13.0. The third kappa shape index (κ3) is 4.33. The Bertz CT molecular complexity index is 426. The van der Waals surface area contributed by atoms with E-state index in [2.05, 4.69) is 5.32 Å². The highest BCUT2D eigenvalue weighted by molar-refractivity contribution is 5.49. The minimum Gasteiger partial charge on any atom is -0.491 e. The molecule has 2 rings (SSSR count). The molecule has 1 aliphatic rings. The molecule has 5 nitrogen and oxygen atoms in total. The predicted octanol–water partition coefficient (Wildman–Crippen LogP) is 2.32. The van der Waals surface area contributed by atoms with Crippen LogP contribution in [0.1, 0.15) is 13.3 Å². The lowest BCUT2D eigenvalue weighted by Gasteiger charge is -2.43. The monoisotopic (exact) mass is 295 g/mol. The Balaban J connectivity index is 1.87. The van der Waals surface area contributed by atoms with Crippen molar-refractivity contribution in [1.29, 1.82) is 0 Å². The Hall–Kier alpha value is -1.30. The first-order valence-corrected chi connectivity index (χ1v) is 7.41. The molecule has 0 aromatic heterocycles. The molecule has 21 heavy (non-hydrogen) atoms. The molecule has 0 amide bonds. The first-order chi connectivity index (χ1) is 10.3. The van der Waals surface area contributed by atoms with Gasteiger partial charge < -0.3 is 24.3 Å². The molecule has 3 unspecified atom stereocenters. The molecule has 1 aromatic carbocycles. The summed E-state index contributed by atoms with van der Waals surface area (Å²) in [4.78, 5) is 0. The molecule has 5 heteroatoms. The molecular formula is C16H25NO4. The van der Waals surface area contributed by atoms with E-state index >= 15 is 0 Å². The first kappa shape index (κ1) is 16.1. The van der Waals surface area contributed by atoms with Gasteiger partial charge in [-0.2, -0.15) is 0 Å². The summed E-state index contributed by atoms with van der Waals surface area (Å²) in [6.45, 7) is 3.87. The van der Waals surface area contributed by atoms with E-state index in [1.54, 1.807) is 14.2 Å². The van der Waals surface area contributed by atoms with Gasteiger partial charge in [0, 0.05) is 32.6 Å². The van der Waals surface area contributed by atoms with Crippen molar-refractivity contribution in [1.82, 2.24) is 0 Å². The van der Waals surface area contributed by atoms with Crippen LogP contribution in [0, 0.1) is 0 Å². The van der Waals surface area contributed by atoms with Gasteiger partial charge >= 0.3 is 0 Å². The second-order valence-electron chi connectivity index (χ2n) is 5.05. The van der Waals surface area contributed by atoms with Crippen LogP contribution in [0.4, 0.5) is 5.69 Å². The summed E-state index contributed by atoms with van der Waals surface area (Å²) in [6.07, 6.45) is 1.25. The molecule has 0 bridgehead atoms. The average molecular weight is 295 g/mol. The van der Waals surface area contributed by atoms with Crippen LogP contribution in [0.15, 0.2) is 24.3 Å². The van der Waals surface area contributed by atoms with Crippen LogP contribution in [0.5, 0.6) is 5.75 Å². The molecule has 0 heterocycles. The Labute approximate surface area is 126 Å². The number of nitrogens with one attached hydrogen (secondary N) is 1. The fraction of sp³-hybridized carbons (Fsp3) is 0.625. The largest absolute Gasteiger partial charge is 0.491 e.